The zero-order valence-electron chi connectivity index (χ0n) is 14.6. The van der Waals surface area contributed by atoms with Gasteiger partial charge in [0.15, 0.2) is 23.0 Å². The van der Waals surface area contributed by atoms with Crippen molar-refractivity contribution in [3.8, 4) is 23.0 Å². The Hall–Kier alpha value is -2.64. The van der Waals surface area contributed by atoms with Crippen LogP contribution in [-0.2, 0) is 0 Å². The quantitative estimate of drug-likeness (QED) is 0.558. The molecular formula is C18H18F4O4. The van der Waals surface area contributed by atoms with Crippen molar-refractivity contribution in [1.82, 2.24) is 0 Å². The van der Waals surface area contributed by atoms with Gasteiger partial charge in [0.2, 0.25) is 0 Å². The van der Waals surface area contributed by atoms with Gasteiger partial charge in [-0.05, 0) is 37.1 Å². The van der Waals surface area contributed by atoms with Crippen LogP contribution in [0.2, 0.25) is 0 Å². The molecule has 0 bridgehead atoms. The van der Waals surface area contributed by atoms with E-state index in [0.717, 1.165) is 0 Å². The molecule has 2 aromatic carbocycles. The monoisotopic (exact) mass is 374 g/mol. The van der Waals surface area contributed by atoms with E-state index in [4.69, 9.17) is 0 Å². The van der Waals surface area contributed by atoms with E-state index >= 15 is 0 Å². The first-order valence-electron chi connectivity index (χ1n) is 7.88. The average Bonchev–Trinajstić information content (AvgIpc) is 3.06. The predicted molar refractivity (Wildman–Crippen MR) is 86.1 cm³/mol. The van der Waals surface area contributed by atoms with Gasteiger partial charge in [-0.15, -0.1) is 17.6 Å². The first-order valence-corrected chi connectivity index (χ1v) is 7.88. The first kappa shape index (κ1) is 19.7. The zero-order chi connectivity index (χ0) is 19.5. The van der Waals surface area contributed by atoms with E-state index < -0.39 is 12.6 Å². The van der Waals surface area contributed by atoms with Gasteiger partial charge >= 0.3 is 12.6 Å². The fourth-order valence-corrected chi connectivity index (χ4v) is 2.21. The maximum absolute atomic E-state index is 12.5. The molecule has 0 spiro atoms. The Morgan fingerprint density at radius 3 is 1.27 bits per heavy atom. The van der Waals surface area contributed by atoms with Crippen LogP contribution >= 0.6 is 0 Å². The van der Waals surface area contributed by atoms with Crippen LogP contribution in [0.3, 0.4) is 0 Å². The summed E-state index contributed by atoms with van der Waals surface area (Å²) in [4.78, 5) is 0. The van der Waals surface area contributed by atoms with Gasteiger partial charge in [0.05, 0.1) is 0 Å². The number of rotatable bonds is 0. The molecule has 2 heterocycles. The van der Waals surface area contributed by atoms with Gasteiger partial charge in [-0.3, -0.25) is 0 Å². The Labute approximate surface area is 148 Å². The normalized spacial score (nSPS) is 16.8. The third-order valence-corrected chi connectivity index (χ3v) is 3.25. The molecule has 0 radical (unpaired) electrons. The van der Waals surface area contributed by atoms with Crippen molar-refractivity contribution in [2.24, 2.45) is 0 Å². The molecule has 142 valence electrons. The molecule has 0 N–H and O–H groups in total. The van der Waals surface area contributed by atoms with Crippen LogP contribution in [0.5, 0.6) is 23.0 Å². The van der Waals surface area contributed by atoms with E-state index in [-0.39, 0.29) is 23.0 Å². The molecule has 4 rings (SSSR count). The Balaban J connectivity index is 0.000000171. The second kappa shape index (κ2) is 7.31. The number of hydrogen-bond donors (Lipinski definition) is 0. The summed E-state index contributed by atoms with van der Waals surface area (Å²) in [5.41, 5.74) is 1.29. The molecule has 26 heavy (non-hydrogen) atoms. The fraction of sp³-hybridized carbons (Fsp3) is 0.333. The van der Waals surface area contributed by atoms with Crippen molar-refractivity contribution < 1.29 is 36.5 Å². The van der Waals surface area contributed by atoms with Crippen molar-refractivity contribution in [1.29, 1.82) is 0 Å². The Morgan fingerprint density at radius 1 is 0.615 bits per heavy atom. The number of aryl methyl sites for hydroxylation is 2. The maximum atomic E-state index is 12.5. The number of halogens is 4. The lowest BCUT2D eigenvalue weighted by Gasteiger charge is -2.04. The van der Waals surface area contributed by atoms with Crippen LogP contribution in [0.1, 0.15) is 25.0 Å². The second-order valence-electron chi connectivity index (χ2n) is 5.14. The molecule has 2 aliphatic heterocycles. The first-order chi connectivity index (χ1) is 12.2. The lowest BCUT2D eigenvalue weighted by Crippen LogP contribution is -2.26. The molecule has 0 aliphatic carbocycles. The molecular weight excluding hydrogens is 356 g/mol. The Bertz CT molecular complexity index is 712. The molecule has 0 aromatic heterocycles. The molecule has 2 aliphatic rings. The van der Waals surface area contributed by atoms with E-state index in [2.05, 4.69) is 18.9 Å². The van der Waals surface area contributed by atoms with Gasteiger partial charge in [0.1, 0.15) is 0 Å². The van der Waals surface area contributed by atoms with Gasteiger partial charge in [-0.2, -0.15) is 0 Å². The minimum atomic E-state index is -3.51. The van der Waals surface area contributed by atoms with Gasteiger partial charge < -0.3 is 18.9 Å². The summed E-state index contributed by atoms with van der Waals surface area (Å²) < 4.78 is 66.9. The van der Waals surface area contributed by atoms with Gasteiger partial charge in [-0.1, -0.05) is 38.1 Å². The van der Waals surface area contributed by atoms with E-state index in [0.29, 0.717) is 11.1 Å². The van der Waals surface area contributed by atoms with Crippen LogP contribution in [0.4, 0.5) is 17.6 Å². The summed E-state index contributed by atoms with van der Waals surface area (Å²) in [6.07, 6.45) is -7.01. The molecule has 8 heteroatoms. The number of hydrogen-bond acceptors (Lipinski definition) is 4. The van der Waals surface area contributed by atoms with Gasteiger partial charge in [0.25, 0.3) is 0 Å². The van der Waals surface area contributed by atoms with Crippen LogP contribution in [-0.4, -0.2) is 12.6 Å². The van der Waals surface area contributed by atoms with E-state index in [1.54, 1.807) is 38.1 Å². The Morgan fingerprint density at radius 2 is 0.962 bits per heavy atom. The van der Waals surface area contributed by atoms with Crippen LogP contribution in [0, 0.1) is 13.8 Å². The summed E-state index contributed by atoms with van der Waals surface area (Å²) in [7, 11) is 0. The number of fused-ring (bicyclic) bond motifs is 2. The van der Waals surface area contributed by atoms with Crippen molar-refractivity contribution in [2.75, 3.05) is 0 Å². The molecule has 0 fully saturated rings. The average molecular weight is 374 g/mol. The highest BCUT2D eigenvalue weighted by Crippen LogP contribution is 2.43. The minimum Gasteiger partial charge on any atom is -0.395 e. The summed E-state index contributed by atoms with van der Waals surface area (Å²) in [6, 6.07) is 9.54. The smallest absolute Gasteiger partial charge is 0.395 e. The number of para-hydroxylation sites is 2. The van der Waals surface area contributed by atoms with E-state index in [9.17, 15) is 17.6 Å². The summed E-state index contributed by atoms with van der Waals surface area (Å²) in [5, 5.41) is 0. The summed E-state index contributed by atoms with van der Waals surface area (Å²) >= 11 is 0. The maximum Gasteiger partial charge on any atom is 0.586 e. The number of benzene rings is 2. The number of ether oxygens (including phenoxy) is 4. The third-order valence-electron chi connectivity index (χ3n) is 3.25. The third kappa shape index (κ3) is 4.30. The predicted octanol–water partition coefficient (Wildman–Crippen LogP) is 5.66. The van der Waals surface area contributed by atoms with Gasteiger partial charge in [-0.25, -0.2) is 0 Å². The number of alkyl halides is 4. The zero-order valence-corrected chi connectivity index (χ0v) is 14.6. The van der Waals surface area contributed by atoms with Crippen molar-refractivity contribution in [2.45, 2.75) is 40.3 Å². The van der Waals surface area contributed by atoms with Gasteiger partial charge in [0, 0.05) is 0 Å². The SMILES string of the molecule is CC.Cc1cccc2c1OC(F)(F)O2.Cc1cccc2c1OC(F)(F)O2. The second-order valence-corrected chi connectivity index (χ2v) is 5.14. The van der Waals surface area contributed by atoms with Crippen LogP contribution in [0.15, 0.2) is 36.4 Å². The van der Waals surface area contributed by atoms with E-state index in [1.165, 1.54) is 12.1 Å². The molecule has 0 saturated heterocycles. The van der Waals surface area contributed by atoms with Crippen molar-refractivity contribution in [3.05, 3.63) is 47.5 Å². The Kier molecular flexibility index (Phi) is 5.53. The highest BCUT2D eigenvalue weighted by molar-refractivity contribution is 5.48. The highest BCUT2D eigenvalue weighted by atomic mass is 19.3. The van der Waals surface area contributed by atoms with Crippen molar-refractivity contribution >= 4 is 0 Å². The molecule has 4 nitrogen and oxygen atoms in total. The molecule has 0 saturated carbocycles. The topological polar surface area (TPSA) is 36.9 Å². The molecule has 0 unspecified atom stereocenters. The summed E-state index contributed by atoms with van der Waals surface area (Å²) in [5.74, 6) is 0.449. The van der Waals surface area contributed by atoms with Crippen molar-refractivity contribution in [3.63, 3.8) is 0 Å². The fourth-order valence-electron chi connectivity index (χ4n) is 2.21. The standard InChI is InChI=1S/2C8H6F2O2.C2H6/c2*1-5-3-2-4-6-7(5)12-8(9,10)11-6;1-2/h2*2-4H,1H3;1-2H3. The molecule has 0 amide bonds. The van der Waals surface area contributed by atoms with Crippen LogP contribution in [0.25, 0.3) is 0 Å². The highest BCUT2D eigenvalue weighted by Gasteiger charge is 2.44. The minimum absolute atomic E-state index is 0.0972. The largest absolute Gasteiger partial charge is 0.586 e. The lowest BCUT2D eigenvalue weighted by molar-refractivity contribution is -0.287. The van der Waals surface area contributed by atoms with E-state index in [1.807, 2.05) is 13.8 Å². The summed E-state index contributed by atoms with van der Waals surface area (Å²) in [6.45, 7) is 7.37. The molecule has 0 atom stereocenters. The molecule has 2 aromatic rings. The lowest BCUT2D eigenvalue weighted by atomic mass is 10.2. The van der Waals surface area contributed by atoms with Crippen LogP contribution < -0.4 is 18.9 Å².